The Labute approximate surface area is 129 Å². The Balaban J connectivity index is 2.67. The lowest BCUT2D eigenvalue weighted by atomic mass is 10.2. The van der Waals surface area contributed by atoms with Gasteiger partial charge in [0.2, 0.25) is 0 Å². The molecule has 6 heteroatoms. The van der Waals surface area contributed by atoms with E-state index in [9.17, 15) is 9.59 Å². The molecule has 5 nitrogen and oxygen atoms in total. The maximum atomic E-state index is 12.3. The molecule has 0 aromatic heterocycles. The van der Waals surface area contributed by atoms with Gasteiger partial charge in [-0.05, 0) is 44.9 Å². The fourth-order valence-electron chi connectivity index (χ4n) is 1.86. The van der Waals surface area contributed by atoms with Crippen molar-refractivity contribution in [3.05, 3.63) is 28.8 Å². The van der Waals surface area contributed by atoms with E-state index in [1.54, 1.807) is 17.0 Å². The number of carboxylic acid groups (broad SMARTS) is 1. The first-order chi connectivity index (χ1) is 9.81. The highest BCUT2D eigenvalue weighted by Crippen LogP contribution is 2.20. The predicted octanol–water partition coefficient (Wildman–Crippen LogP) is 3.76. The summed E-state index contributed by atoms with van der Waals surface area (Å²) < 4.78 is 0. The van der Waals surface area contributed by atoms with E-state index in [4.69, 9.17) is 16.7 Å². The predicted molar refractivity (Wildman–Crippen MR) is 83.9 cm³/mol. The van der Waals surface area contributed by atoms with Crippen molar-refractivity contribution in [1.29, 1.82) is 0 Å². The number of aliphatic carboxylic acids is 1. The number of aryl methyl sites for hydroxylation is 1. The lowest BCUT2D eigenvalue weighted by Gasteiger charge is -2.27. The molecular formula is C15H21ClN2O3. The third-order valence-electron chi connectivity index (χ3n) is 3.10. The lowest BCUT2D eigenvalue weighted by molar-refractivity contribution is -0.137. The average molecular weight is 313 g/mol. The van der Waals surface area contributed by atoms with E-state index in [1.807, 2.05) is 26.8 Å². The summed E-state index contributed by atoms with van der Waals surface area (Å²) in [5, 5.41) is 12.0. The van der Waals surface area contributed by atoms with Gasteiger partial charge in [0.25, 0.3) is 0 Å². The van der Waals surface area contributed by atoms with E-state index in [-0.39, 0.29) is 18.5 Å². The Bertz CT molecular complexity index is 518. The fourth-order valence-corrected chi connectivity index (χ4v) is 2.04. The maximum absolute atomic E-state index is 12.3. The zero-order chi connectivity index (χ0) is 16.0. The highest BCUT2D eigenvalue weighted by molar-refractivity contribution is 6.31. The summed E-state index contributed by atoms with van der Waals surface area (Å²) in [6.45, 7) is 6.07. The van der Waals surface area contributed by atoms with Gasteiger partial charge < -0.3 is 15.3 Å². The third kappa shape index (κ3) is 5.63. The molecule has 2 amide bonds. The van der Waals surface area contributed by atoms with Crippen LogP contribution in [0.15, 0.2) is 18.2 Å². The first kappa shape index (κ1) is 17.3. The van der Waals surface area contributed by atoms with E-state index in [0.29, 0.717) is 23.7 Å². The van der Waals surface area contributed by atoms with Crippen molar-refractivity contribution < 1.29 is 14.7 Å². The summed E-state index contributed by atoms with van der Waals surface area (Å²) in [4.78, 5) is 24.4. The van der Waals surface area contributed by atoms with E-state index in [2.05, 4.69) is 5.32 Å². The molecular weight excluding hydrogens is 292 g/mol. The second-order valence-corrected chi connectivity index (χ2v) is 5.59. The number of carbonyl (C=O) groups is 2. The molecule has 0 aliphatic heterocycles. The minimum Gasteiger partial charge on any atom is -0.481 e. The van der Waals surface area contributed by atoms with Crippen LogP contribution in [0.1, 0.15) is 32.3 Å². The van der Waals surface area contributed by atoms with Crippen molar-refractivity contribution in [3.63, 3.8) is 0 Å². The van der Waals surface area contributed by atoms with E-state index >= 15 is 0 Å². The molecule has 0 fully saturated rings. The van der Waals surface area contributed by atoms with Gasteiger partial charge in [-0.15, -0.1) is 0 Å². The number of benzene rings is 1. The number of hydrogen-bond donors (Lipinski definition) is 2. The molecule has 116 valence electrons. The van der Waals surface area contributed by atoms with Crippen molar-refractivity contribution in [3.8, 4) is 0 Å². The quantitative estimate of drug-likeness (QED) is 0.840. The van der Waals surface area contributed by atoms with Gasteiger partial charge in [-0.1, -0.05) is 17.7 Å². The smallest absolute Gasteiger partial charge is 0.322 e. The van der Waals surface area contributed by atoms with Gasteiger partial charge in [-0.2, -0.15) is 0 Å². The fraction of sp³-hybridized carbons (Fsp3) is 0.467. The van der Waals surface area contributed by atoms with Crippen LogP contribution in [0.3, 0.4) is 0 Å². The number of amides is 2. The summed E-state index contributed by atoms with van der Waals surface area (Å²) in [5.41, 5.74) is 1.57. The summed E-state index contributed by atoms with van der Waals surface area (Å²) in [7, 11) is 0. The Hall–Kier alpha value is -1.75. The Morgan fingerprint density at radius 1 is 1.38 bits per heavy atom. The van der Waals surface area contributed by atoms with Crippen LogP contribution in [-0.2, 0) is 4.79 Å². The molecule has 0 atom stereocenters. The zero-order valence-corrected chi connectivity index (χ0v) is 13.3. The van der Waals surface area contributed by atoms with Crippen molar-refractivity contribution in [2.24, 2.45) is 0 Å². The summed E-state index contributed by atoms with van der Waals surface area (Å²) in [5.74, 6) is -0.857. The molecule has 1 aromatic rings. The molecule has 1 rings (SSSR count). The Morgan fingerprint density at radius 3 is 2.57 bits per heavy atom. The van der Waals surface area contributed by atoms with Crippen molar-refractivity contribution >= 4 is 29.3 Å². The Kier molecular flexibility index (Phi) is 6.49. The highest BCUT2D eigenvalue weighted by Gasteiger charge is 2.17. The molecule has 21 heavy (non-hydrogen) atoms. The number of halogens is 1. The second kappa shape index (κ2) is 7.88. The third-order valence-corrected chi connectivity index (χ3v) is 3.50. The van der Waals surface area contributed by atoms with Gasteiger partial charge in [0, 0.05) is 29.7 Å². The molecule has 0 unspecified atom stereocenters. The number of carbonyl (C=O) groups excluding carboxylic acids is 1. The van der Waals surface area contributed by atoms with Gasteiger partial charge >= 0.3 is 12.0 Å². The molecule has 1 aromatic carbocycles. The van der Waals surface area contributed by atoms with Crippen LogP contribution in [0.25, 0.3) is 0 Å². The monoisotopic (exact) mass is 312 g/mol. The zero-order valence-electron chi connectivity index (χ0n) is 12.5. The molecule has 0 spiro atoms. The second-order valence-electron chi connectivity index (χ2n) is 5.18. The van der Waals surface area contributed by atoms with E-state index in [1.165, 1.54) is 0 Å². The standard InChI is InChI=1S/C15H21ClN2O3/c1-10(2)18(8-4-5-14(19)20)15(21)17-12-7-6-11(3)13(16)9-12/h6-7,9-10H,4-5,8H2,1-3H3,(H,17,21)(H,19,20). The van der Waals surface area contributed by atoms with Gasteiger partial charge in [-0.3, -0.25) is 4.79 Å². The molecule has 2 N–H and O–H groups in total. The summed E-state index contributed by atoms with van der Waals surface area (Å²) in [6.07, 6.45) is 0.475. The lowest BCUT2D eigenvalue weighted by Crippen LogP contribution is -2.40. The van der Waals surface area contributed by atoms with Gasteiger partial charge in [0.15, 0.2) is 0 Å². The molecule has 0 saturated heterocycles. The summed E-state index contributed by atoms with van der Waals surface area (Å²) in [6, 6.07) is 5.05. The number of urea groups is 1. The first-order valence-electron chi connectivity index (χ1n) is 6.87. The van der Waals surface area contributed by atoms with Crippen LogP contribution in [0.4, 0.5) is 10.5 Å². The highest BCUT2D eigenvalue weighted by atomic mass is 35.5. The number of nitrogens with zero attached hydrogens (tertiary/aromatic N) is 1. The maximum Gasteiger partial charge on any atom is 0.322 e. The molecule has 0 aliphatic carbocycles. The normalized spacial score (nSPS) is 10.5. The van der Waals surface area contributed by atoms with Crippen LogP contribution in [-0.4, -0.2) is 34.6 Å². The number of rotatable bonds is 6. The van der Waals surface area contributed by atoms with Crippen LogP contribution in [0, 0.1) is 6.92 Å². The molecule has 0 aliphatic rings. The van der Waals surface area contributed by atoms with Crippen LogP contribution in [0.5, 0.6) is 0 Å². The molecule has 0 heterocycles. The number of anilines is 1. The number of hydrogen-bond acceptors (Lipinski definition) is 2. The van der Waals surface area contributed by atoms with Gasteiger partial charge in [-0.25, -0.2) is 4.79 Å². The van der Waals surface area contributed by atoms with E-state index in [0.717, 1.165) is 5.56 Å². The number of carboxylic acids is 1. The summed E-state index contributed by atoms with van der Waals surface area (Å²) >= 11 is 6.03. The van der Waals surface area contributed by atoms with Crippen molar-refractivity contribution in [2.75, 3.05) is 11.9 Å². The molecule has 0 bridgehead atoms. The molecule has 0 saturated carbocycles. The van der Waals surface area contributed by atoms with E-state index < -0.39 is 5.97 Å². The van der Waals surface area contributed by atoms with Crippen LogP contribution < -0.4 is 5.32 Å². The van der Waals surface area contributed by atoms with Crippen molar-refractivity contribution in [2.45, 2.75) is 39.7 Å². The molecule has 0 radical (unpaired) electrons. The van der Waals surface area contributed by atoms with Gasteiger partial charge in [0.05, 0.1) is 0 Å². The Morgan fingerprint density at radius 2 is 2.05 bits per heavy atom. The first-order valence-corrected chi connectivity index (χ1v) is 7.24. The average Bonchev–Trinajstić information content (AvgIpc) is 2.38. The van der Waals surface area contributed by atoms with Crippen LogP contribution >= 0.6 is 11.6 Å². The largest absolute Gasteiger partial charge is 0.481 e. The SMILES string of the molecule is Cc1ccc(NC(=O)N(CCCC(=O)O)C(C)C)cc1Cl. The van der Waals surface area contributed by atoms with Crippen LogP contribution in [0.2, 0.25) is 5.02 Å². The topological polar surface area (TPSA) is 69.6 Å². The minimum absolute atomic E-state index is 0.0142. The van der Waals surface area contributed by atoms with Gasteiger partial charge in [0.1, 0.15) is 0 Å². The minimum atomic E-state index is -0.857. The number of nitrogens with one attached hydrogen (secondary N) is 1. The van der Waals surface area contributed by atoms with Crippen molar-refractivity contribution in [1.82, 2.24) is 4.90 Å².